The summed E-state index contributed by atoms with van der Waals surface area (Å²) in [6.45, 7) is 2.84. The molecule has 3 aliphatic rings. The Morgan fingerprint density at radius 1 is 1.09 bits per heavy atom. The summed E-state index contributed by atoms with van der Waals surface area (Å²) in [6.07, 6.45) is 2.94. The molecule has 1 amide bonds. The number of carbonyl (C=O) groups excluding carboxylic acids is 1. The Labute approximate surface area is 265 Å². The second kappa shape index (κ2) is 12.8. The van der Waals surface area contributed by atoms with Crippen molar-refractivity contribution in [1.82, 2.24) is 19.8 Å². The van der Waals surface area contributed by atoms with Crippen molar-refractivity contribution in [2.75, 3.05) is 61.3 Å². The number of likely N-dealkylation sites (tertiary alicyclic amines) is 1. The molecular formula is C30H35Cl2N7O3S. The quantitative estimate of drug-likeness (QED) is 0.310. The normalized spacial score (nSPS) is 20.5. The fourth-order valence-electron chi connectivity index (χ4n) is 5.99. The Bertz CT molecular complexity index is 1480. The number of aliphatic hydroxyl groups is 2. The van der Waals surface area contributed by atoms with Crippen molar-refractivity contribution in [3.05, 3.63) is 63.8 Å². The van der Waals surface area contributed by atoms with Gasteiger partial charge in [0.2, 0.25) is 5.95 Å². The minimum absolute atomic E-state index is 0.268. The predicted molar refractivity (Wildman–Crippen MR) is 172 cm³/mol. The summed E-state index contributed by atoms with van der Waals surface area (Å²) < 4.78 is 0. The molecule has 2 saturated heterocycles. The van der Waals surface area contributed by atoms with Crippen LogP contribution in [0.4, 0.5) is 23.0 Å². The fourth-order valence-corrected chi connectivity index (χ4v) is 7.54. The molecule has 0 saturated carbocycles. The van der Waals surface area contributed by atoms with Gasteiger partial charge in [0.1, 0.15) is 11.3 Å². The lowest BCUT2D eigenvalue weighted by molar-refractivity contribution is 0.0106. The van der Waals surface area contributed by atoms with Crippen LogP contribution in [0.3, 0.4) is 0 Å². The van der Waals surface area contributed by atoms with Crippen LogP contribution in [0, 0.1) is 0 Å². The number of nitrogens with one attached hydrogen (secondary N) is 1. The molecule has 3 aromatic rings. The van der Waals surface area contributed by atoms with Crippen LogP contribution in [0.2, 0.25) is 10.0 Å². The summed E-state index contributed by atoms with van der Waals surface area (Å²) in [7, 11) is 4.24. The molecule has 6 rings (SSSR count). The molecule has 0 aliphatic carbocycles. The number of aromatic nitrogens is 2. The third kappa shape index (κ3) is 6.30. The molecule has 0 bridgehead atoms. The Balaban J connectivity index is 1.24. The van der Waals surface area contributed by atoms with Crippen LogP contribution < -0.4 is 15.1 Å². The summed E-state index contributed by atoms with van der Waals surface area (Å²) in [5.41, 5.74) is 3.33. The van der Waals surface area contributed by atoms with Gasteiger partial charge in [-0.05, 0) is 63.7 Å². The molecule has 10 nitrogen and oxygen atoms in total. The van der Waals surface area contributed by atoms with Gasteiger partial charge < -0.3 is 25.3 Å². The third-order valence-corrected chi connectivity index (χ3v) is 9.99. The third-order valence-electron chi connectivity index (χ3n) is 8.41. The second-order valence-corrected chi connectivity index (χ2v) is 13.1. The van der Waals surface area contributed by atoms with Crippen molar-refractivity contribution in [1.29, 1.82) is 0 Å². The van der Waals surface area contributed by atoms with Crippen LogP contribution in [-0.4, -0.2) is 94.2 Å². The molecule has 2 aromatic carbocycles. The minimum atomic E-state index is -0.860. The molecular weight excluding hydrogens is 609 g/mol. The Morgan fingerprint density at radius 2 is 1.84 bits per heavy atom. The molecule has 2 unspecified atom stereocenters. The second-order valence-electron chi connectivity index (χ2n) is 11.4. The standard InChI is InChI=1S/C30H35Cl2N7O3S/c1-36(2)19-8-11-37(12-9-19)25-7-6-18(14-21(25)28(41)38-13-10-20(40)16-38)34-30-33-15-22-27(35-30)43-17-39(29(22)42)26-23(31)4-3-5-24(26)32/h3-7,14-15,19-20,28,40-41H,8-13,16-17H2,1-2H3,(H,33,34,35). The first-order valence-corrected chi connectivity index (χ1v) is 16.1. The van der Waals surface area contributed by atoms with Gasteiger partial charge in [-0.3, -0.25) is 14.6 Å². The van der Waals surface area contributed by atoms with Gasteiger partial charge in [0.25, 0.3) is 5.91 Å². The lowest BCUT2D eigenvalue weighted by Gasteiger charge is -2.38. The molecule has 4 heterocycles. The van der Waals surface area contributed by atoms with Crippen LogP contribution in [0.5, 0.6) is 0 Å². The van der Waals surface area contributed by atoms with Gasteiger partial charge in [0, 0.05) is 55.4 Å². The first kappa shape index (κ1) is 30.4. The van der Waals surface area contributed by atoms with Crippen LogP contribution in [-0.2, 0) is 0 Å². The van der Waals surface area contributed by atoms with Crippen molar-refractivity contribution < 1.29 is 15.0 Å². The van der Waals surface area contributed by atoms with E-state index in [9.17, 15) is 15.0 Å². The van der Waals surface area contributed by atoms with E-state index in [0.29, 0.717) is 63.7 Å². The number of benzene rings is 2. The van der Waals surface area contributed by atoms with Gasteiger partial charge in [-0.25, -0.2) is 9.97 Å². The summed E-state index contributed by atoms with van der Waals surface area (Å²) in [5, 5.41) is 26.2. The number of hydrogen-bond donors (Lipinski definition) is 3. The zero-order valence-corrected chi connectivity index (χ0v) is 26.4. The van der Waals surface area contributed by atoms with Crippen LogP contribution >= 0.6 is 35.0 Å². The van der Waals surface area contributed by atoms with Gasteiger partial charge in [-0.2, -0.15) is 0 Å². The number of rotatable bonds is 7. The molecule has 3 N–H and O–H groups in total. The molecule has 0 radical (unpaired) electrons. The number of fused-ring (bicyclic) bond motifs is 1. The van der Waals surface area contributed by atoms with E-state index in [0.717, 1.165) is 42.9 Å². The average molecular weight is 645 g/mol. The monoisotopic (exact) mass is 643 g/mol. The molecule has 1 aromatic heterocycles. The molecule has 0 spiro atoms. The number of nitrogens with zero attached hydrogens (tertiary/aromatic N) is 6. The molecule has 13 heteroatoms. The van der Waals surface area contributed by atoms with E-state index < -0.39 is 12.3 Å². The van der Waals surface area contributed by atoms with Crippen molar-refractivity contribution >= 4 is 63.9 Å². The number of piperidine rings is 1. The van der Waals surface area contributed by atoms with Gasteiger partial charge >= 0.3 is 0 Å². The number of para-hydroxylation sites is 1. The van der Waals surface area contributed by atoms with Crippen LogP contribution in [0.1, 0.15) is 41.4 Å². The molecule has 2 fully saturated rings. The zero-order chi connectivity index (χ0) is 30.2. The Morgan fingerprint density at radius 3 is 2.51 bits per heavy atom. The van der Waals surface area contributed by atoms with Crippen molar-refractivity contribution in [3.8, 4) is 0 Å². The minimum Gasteiger partial charge on any atom is -0.392 e. The van der Waals surface area contributed by atoms with E-state index in [-0.39, 0.29) is 5.91 Å². The molecule has 3 aliphatic heterocycles. The predicted octanol–water partition coefficient (Wildman–Crippen LogP) is 4.82. The number of halogens is 2. The van der Waals surface area contributed by atoms with E-state index in [1.54, 1.807) is 18.2 Å². The van der Waals surface area contributed by atoms with Crippen LogP contribution in [0.25, 0.3) is 0 Å². The van der Waals surface area contributed by atoms with E-state index in [4.69, 9.17) is 23.2 Å². The fraction of sp³-hybridized carbons (Fsp3) is 0.433. The number of aliphatic hydroxyl groups excluding tert-OH is 2. The number of carbonyl (C=O) groups is 1. The molecule has 228 valence electrons. The maximum Gasteiger partial charge on any atom is 0.263 e. The number of anilines is 4. The van der Waals surface area contributed by atoms with Crippen molar-refractivity contribution in [2.24, 2.45) is 0 Å². The topological polar surface area (TPSA) is 108 Å². The number of thioether (sulfide) groups is 1. The lowest BCUT2D eigenvalue weighted by atomic mass is 10.0. The highest BCUT2D eigenvalue weighted by atomic mass is 35.5. The first-order valence-electron chi connectivity index (χ1n) is 14.4. The summed E-state index contributed by atoms with van der Waals surface area (Å²) in [5.74, 6) is 0.388. The van der Waals surface area contributed by atoms with Crippen molar-refractivity contribution in [2.45, 2.75) is 42.7 Å². The maximum atomic E-state index is 13.3. The number of β-amino-alcohol motifs (C(OH)–C–C–N with tert-alkyl or cyclic N) is 1. The SMILES string of the molecule is CN(C)C1CCN(c2ccc(Nc3ncc4c(n3)SCN(c3c(Cl)cccc3Cl)C4=O)cc2C(O)N2CCC(O)C2)CC1. The van der Waals surface area contributed by atoms with Gasteiger partial charge in [0.05, 0.1) is 33.3 Å². The average Bonchev–Trinajstić information content (AvgIpc) is 3.44. The lowest BCUT2D eigenvalue weighted by Crippen LogP contribution is -2.42. The molecule has 43 heavy (non-hydrogen) atoms. The van der Waals surface area contributed by atoms with E-state index in [1.807, 2.05) is 23.1 Å². The Hall–Kier alpha value is -2.64. The first-order chi connectivity index (χ1) is 20.7. The highest BCUT2D eigenvalue weighted by molar-refractivity contribution is 7.99. The number of hydrogen-bond acceptors (Lipinski definition) is 10. The largest absolute Gasteiger partial charge is 0.392 e. The van der Waals surface area contributed by atoms with Gasteiger partial charge in [-0.15, -0.1) is 0 Å². The van der Waals surface area contributed by atoms with Crippen molar-refractivity contribution in [3.63, 3.8) is 0 Å². The van der Waals surface area contributed by atoms with Crippen LogP contribution in [0.15, 0.2) is 47.6 Å². The Kier molecular flexibility index (Phi) is 9.02. The van der Waals surface area contributed by atoms with E-state index >= 15 is 0 Å². The summed E-state index contributed by atoms with van der Waals surface area (Å²) in [6, 6.07) is 11.6. The van der Waals surface area contributed by atoms with Gasteiger partial charge in [-0.1, -0.05) is 41.0 Å². The highest BCUT2D eigenvalue weighted by Crippen LogP contribution is 2.40. The summed E-state index contributed by atoms with van der Waals surface area (Å²) >= 11 is 14.1. The van der Waals surface area contributed by atoms with E-state index in [2.05, 4.69) is 39.2 Å². The zero-order valence-electron chi connectivity index (χ0n) is 24.1. The maximum absolute atomic E-state index is 13.3. The van der Waals surface area contributed by atoms with Gasteiger partial charge in [0.15, 0.2) is 0 Å². The molecule has 2 atom stereocenters. The van der Waals surface area contributed by atoms with E-state index in [1.165, 1.54) is 22.9 Å². The number of amides is 1. The summed E-state index contributed by atoms with van der Waals surface area (Å²) in [4.78, 5) is 30.5. The smallest absolute Gasteiger partial charge is 0.263 e. The highest BCUT2D eigenvalue weighted by Gasteiger charge is 2.32.